The van der Waals surface area contributed by atoms with Crippen LogP contribution in [0.5, 0.6) is 0 Å². The third kappa shape index (κ3) is 5.28. The predicted octanol–water partition coefficient (Wildman–Crippen LogP) is 8.37. The van der Waals surface area contributed by atoms with Crippen LogP contribution in [0.25, 0.3) is 11.5 Å². The van der Waals surface area contributed by atoms with Crippen molar-refractivity contribution >= 4 is 40.4 Å². The minimum Gasteiger partial charge on any atom is -0.425 e. The maximum absolute atomic E-state index is 6.73. The number of hydrogen-bond acceptors (Lipinski definition) is 3. The summed E-state index contributed by atoms with van der Waals surface area (Å²) in [7, 11) is -2.42. The van der Waals surface area contributed by atoms with Gasteiger partial charge in [-0.3, -0.25) is 0 Å². The Kier molecular flexibility index (Phi) is 8.35. The first-order valence-electron chi connectivity index (χ1n) is 13.0. The van der Waals surface area contributed by atoms with Gasteiger partial charge < -0.3 is 4.42 Å². The van der Waals surface area contributed by atoms with Gasteiger partial charge in [-0.15, -0.1) is 0 Å². The fourth-order valence-corrected chi connectivity index (χ4v) is 10.2. The Morgan fingerprint density at radius 1 is 0.550 bits per heavy atom. The molecule has 6 aromatic rings. The largest absolute Gasteiger partial charge is 0.425 e. The smallest absolute Gasteiger partial charge is 0.251 e. The van der Waals surface area contributed by atoms with E-state index in [1.807, 2.05) is 0 Å². The summed E-state index contributed by atoms with van der Waals surface area (Å²) in [5.41, 5.74) is 4.41. The van der Waals surface area contributed by atoms with Gasteiger partial charge in [-0.25, -0.2) is 0 Å². The highest BCUT2D eigenvalue weighted by atomic mass is 32.2. The zero-order chi connectivity index (χ0) is 26.7. The number of hydrogen-bond donors (Lipinski definition) is 0. The highest BCUT2D eigenvalue weighted by Gasteiger charge is 2.53. The summed E-state index contributed by atoms with van der Waals surface area (Å²) in [4.78, 5) is 6.51. The quantitative estimate of drug-likeness (QED) is 0.184. The fourth-order valence-electron chi connectivity index (χ4n) is 4.88. The topological polar surface area (TPSA) is 26.0 Å². The second-order valence-electron chi connectivity index (χ2n) is 9.59. The van der Waals surface area contributed by atoms with Gasteiger partial charge in [-0.2, -0.15) is 4.98 Å². The van der Waals surface area contributed by atoms with Crippen LogP contribution in [-0.4, -0.2) is 4.98 Å². The van der Waals surface area contributed by atoms with Gasteiger partial charge in [0.2, 0.25) is 11.0 Å². The summed E-state index contributed by atoms with van der Waals surface area (Å²) in [5.74, 6) is 0.645. The molecule has 0 fully saturated rings. The van der Waals surface area contributed by atoms with Crippen LogP contribution in [0.3, 0.4) is 0 Å². The molecule has 2 nitrogen and oxygen atoms in total. The zero-order valence-electron chi connectivity index (χ0n) is 22.0. The van der Waals surface area contributed by atoms with E-state index in [-0.39, 0.29) is 7.43 Å². The molecule has 0 N–H and O–H groups in total. The lowest BCUT2D eigenvalue weighted by atomic mass is 10.1. The molecule has 1 aromatic heterocycles. The summed E-state index contributed by atoms with van der Waals surface area (Å²) >= 11 is 1.65. The van der Waals surface area contributed by atoms with Crippen LogP contribution in [0, 0.1) is 13.8 Å². The molecular formula is C36H33NOPS+. The summed E-state index contributed by atoms with van der Waals surface area (Å²) < 4.78 is 6.73. The molecule has 40 heavy (non-hydrogen) atoms. The molecule has 0 unspecified atom stereocenters. The van der Waals surface area contributed by atoms with Crippen molar-refractivity contribution in [2.45, 2.75) is 31.3 Å². The molecule has 0 amide bonds. The molecule has 6 rings (SSSR count). The summed E-state index contributed by atoms with van der Waals surface area (Å²) in [6.07, 6.45) is 0. The molecule has 0 bridgehead atoms. The van der Waals surface area contributed by atoms with E-state index < -0.39 is 7.26 Å². The second kappa shape index (κ2) is 12.1. The number of aromatic nitrogens is 1. The first kappa shape index (κ1) is 27.6. The average Bonchev–Trinajstić information content (AvgIpc) is 3.40. The van der Waals surface area contributed by atoms with Gasteiger partial charge in [0.1, 0.15) is 15.9 Å². The third-order valence-electron chi connectivity index (χ3n) is 6.86. The van der Waals surface area contributed by atoms with Gasteiger partial charge in [0.05, 0.1) is 0 Å². The molecule has 198 valence electrons. The summed E-state index contributed by atoms with van der Waals surface area (Å²) in [5, 5.41) is 4.57. The van der Waals surface area contributed by atoms with Crippen molar-refractivity contribution < 1.29 is 4.42 Å². The van der Waals surface area contributed by atoms with Crippen LogP contribution < -0.4 is 21.3 Å². The molecular weight excluding hydrogens is 525 g/mol. The van der Waals surface area contributed by atoms with Crippen molar-refractivity contribution in [3.8, 4) is 11.5 Å². The van der Waals surface area contributed by atoms with Crippen molar-refractivity contribution in [1.29, 1.82) is 0 Å². The number of rotatable bonds is 7. The van der Waals surface area contributed by atoms with Crippen molar-refractivity contribution in [3.05, 3.63) is 151 Å². The molecule has 0 aliphatic carbocycles. The molecule has 0 radical (unpaired) electrons. The Morgan fingerprint density at radius 2 is 0.975 bits per heavy atom. The molecule has 0 aliphatic rings. The van der Waals surface area contributed by atoms with Crippen molar-refractivity contribution in [1.82, 2.24) is 4.98 Å². The van der Waals surface area contributed by atoms with Crippen LogP contribution >= 0.6 is 19.0 Å². The molecule has 0 saturated heterocycles. The fraction of sp³-hybridized carbons (Fsp3) is 0.0833. The van der Waals surface area contributed by atoms with Crippen molar-refractivity contribution in [3.63, 3.8) is 0 Å². The molecule has 4 heteroatoms. The van der Waals surface area contributed by atoms with Gasteiger partial charge in [-0.1, -0.05) is 97.4 Å². The predicted molar refractivity (Wildman–Crippen MR) is 173 cm³/mol. The van der Waals surface area contributed by atoms with E-state index in [2.05, 4.69) is 153 Å². The lowest BCUT2D eigenvalue weighted by Crippen LogP contribution is -2.40. The van der Waals surface area contributed by atoms with Crippen LogP contribution in [0.15, 0.2) is 154 Å². The van der Waals surface area contributed by atoms with Gasteiger partial charge in [0.25, 0.3) is 5.44 Å². The maximum Gasteiger partial charge on any atom is 0.251 e. The molecule has 1 heterocycles. The van der Waals surface area contributed by atoms with Crippen LogP contribution in [-0.2, 0) is 0 Å². The normalized spacial score (nSPS) is 11.2. The van der Waals surface area contributed by atoms with Gasteiger partial charge >= 0.3 is 0 Å². The first-order chi connectivity index (χ1) is 19.1. The SMILES string of the molecule is C.Cc1ccc(Sc2oc(-c3ccc(C)cc3)nc2[P+](c2ccccc2)(c2ccccc2)c2ccccc2)cc1. The third-order valence-corrected chi connectivity index (χ3v) is 12.1. The Bertz CT molecular complexity index is 1570. The monoisotopic (exact) mass is 558 g/mol. The average molecular weight is 559 g/mol. The van der Waals surface area contributed by atoms with E-state index in [4.69, 9.17) is 9.40 Å². The second-order valence-corrected chi connectivity index (χ2v) is 13.9. The number of nitrogens with zero attached hydrogens (tertiary/aromatic N) is 1. The van der Waals surface area contributed by atoms with E-state index in [1.54, 1.807) is 11.8 Å². The van der Waals surface area contributed by atoms with E-state index in [0.717, 1.165) is 21.0 Å². The van der Waals surface area contributed by atoms with Crippen LogP contribution in [0.1, 0.15) is 18.6 Å². The van der Waals surface area contributed by atoms with Gasteiger partial charge in [0, 0.05) is 10.5 Å². The molecule has 0 saturated carbocycles. The first-order valence-corrected chi connectivity index (χ1v) is 15.6. The Hall–Kier alpha value is -3.91. The lowest BCUT2D eigenvalue weighted by molar-refractivity contribution is 0.487. The number of benzene rings is 5. The van der Waals surface area contributed by atoms with E-state index in [9.17, 15) is 0 Å². The number of oxazole rings is 1. The highest BCUT2D eigenvalue weighted by Crippen LogP contribution is 2.56. The van der Waals surface area contributed by atoms with E-state index in [0.29, 0.717) is 5.89 Å². The standard InChI is InChI=1S/C35H29NOPS.CH4/c1-26-18-22-28(23-19-26)33-36-34(35(37-33)39-32-24-20-27(2)21-25-32)38(29-12-6-3-7-13-29,30-14-8-4-9-15-30)31-16-10-5-11-17-31;/h3-25H,1-2H3;1H4/q+1;. The Labute approximate surface area is 242 Å². The van der Waals surface area contributed by atoms with Crippen molar-refractivity contribution in [2.75, 3.05) is 0 Å². The summed E-state index contributed by atoms with van der Waals surface area (Å²) in [6.45, 7) is 4.21. The Balaban J connectivity index is 0.00000323. The highest BCUT2D eigenvalue weighted by molar-refractivity contribution is 8.04. The number of aryl methyl sites for hydroxylation is 2. The minimum absolute atomic E-state index is 0. The van der Waals surface area contributed by atoms with Crippen LogP contribution in [0.4, 0.5) is 0 Å². The molecule has 0 spiro atoms. The summed E-state index contributed by atoms with van der Waals surface area (Å²) in [6, 6.07) is 49.5. The van der Waals surface area contributed by atoms with Crippen LogP contribution in [0.2, 0.25) is 0 Å². The van der Waals surface area contributed by atoms with E-state index in [1.165, 1.54) is 27.0 Å². The molecule has 0 aliphatic heterocycles. The molecule has 0 atom stereocenters. The molecule has 5 aromatic carbocycles. The lowest BCUT2D eigenvalue weighted by Gasteiger charge is -2.25. The van der Waals surface area contributed by atoms with Gasteiger partial charge in [0.15, 0.2) is 7.26 Å². The Morgan fingerprint density at radius 3 is 1.43 bits per heavy atom. The minimum atomic E-state index is -2.42. The van der Waals surface area contributed by atoms with Gasteiger partial charge in [-0.05, 0) is 86.3 Å². The van der Waals surface area contributed by atoms with Crippen molar-refractivity contribution in [2.24, 2.45) is 0 Å². The maximum atomic E-state index is 6.73. The zero-order valence-corrected chi connectivity index (χ0v) is 23.7. The van der Waals surface area contributed by atoms with E-state index >= 15 is 0 Å².